The largest absolute Gasteiger partial charge is 0.494 e. The van der Waals surface area contributed by atoms with Gasteiger partial charge in [-0.2, -0.15) is 0 Å². The first-order valence-corrected chi connectivity index (χ1v) is 7.60. The summed E-state index contributed by atoms with van der Waals surface area (Å²) in [6.45, 7) is 2.62. The van der Waals surface area contributed by atoms with Crippen molar-refractivity contribution < 1.29 is 4.74 Å². The van der Waals surface area contributed by atoms with Crippen LogP contribution in [0.15, 0.2) is 42.5 Å². The van der Waals surface area contributed by atoms with Gasteiger partial charge in [0.2, 0.25) is 0 Å². The fourth-order valence-electron chi connectivity index (χ4n) is 1.93. The topological polar surface area (TPSA) is 9.23 Å². The second kappa shape index (κ2) is 7.21. The van der Waals surface area contributed by atoms with E-state index in [1.807, 2.05) is 43.3 Å². The Morgan fingerprint density at radius 2 is 1.70 bits per heavy atom. The van der Waals surface area contributed by atoms with Crippen LogP contribution in [0.3, 0.4) is 0 Å². The van der Waals surface area contributed by atoms with Crippen molar-refractivity contribution in [1.29, 1.82) is 0 Å². The predicted octanol–water partition coefficient (Wildman–Crippen LogP) is 5.91. The van der Waals surface area contributed by atoms with Crippen LogP contribution in [0, 0.1) is 0 Å². The zero-order chi connectivity index (χ0) is 14.5. The van der Waals surface area contributed by atoms with Gasteiger partial charge in [0.05, 0.1) is 22.0 Å². The van der Waals surface area contributed by atoms with E-state index in [2.05, 4.69) is 0 Å². The van der Waals surface area contributed by atoms with Crippen LogP contribution < -0.4 is 4.74 Å². The molecule has 0 fully saturated rings. The third kappa shape index (κ3) is 4.05. The average Bonchev–Trinajstić information content (AvgIpc) is 2.44. The Hall–Kier alpha value is -0.890. The molecule has 4 heteroatoms. The smallest absolute Gasteiger partial charge is 0.119 e. The molecule has 1 nitrogen and oxygen atoms in total. The normalized spacial score (nSPS) is 12.2. The monoisotopic (exact) mass is 328 g/mol. The summed E-state index contributed by atoms with van der Waals surface area (Å²) in [4.78, 5) is 0. The summed E-state index contributed by atoms with van der Waals surface area (Å²) >= 11 is 18.4. The minimum atomic E-state index is -0.108. The maximum absolute atomic E-state index is 6.45. The number of hydrogen-bond donors (Lipinski definition) is 0. The molecule has 0 aliphatic carbocycles. The minimum absolute atomic E-state index is 0.108. The molecule has 0 saturated heterocycles. The second-order valence-electron chi connectivity index (χ2n) is 4.42. The molecule has 0 aliphatic heterocycles. The SMILES string of the molecule is CCOc1ccc(C(Cl)Cc2ccc(Cl)c(Cl)c2)cc1. The molecule has 1 atom stereocenters. The Kier molecular flexibility index (Phi) is 5.59. The highest BCUT2D eigenvalue weighted by Crippen LogP contribution is 2.29. The Bertz CT molecular complexity index is 566. The minimum Gasteiger partial charge on any atom is -0.494 e. The molecule has 0 heterocycles. The Morgan fingerprint density at radius 1 is 1.00 bits per heavy atom. The molecule has 0 aliphatic rings. The second-order valence-corrected chi connectivity index (χ2v) is 5.76. The van der Waals surface area contributed by atoms with Gasteiger partial charge >= 0.3 is 0 Å². The van der Waals surface area contributed by atoms with Gasteiger partial charge in [-0.05, 0) is 48.7 Å². The van der Waals surface area contributed by atoms with E-state index in [-0.39, 0.29) is 5.38 Å². The van der Waals surface area contributed by atoms with Crippen LogP contribution in [0.25, 0.3) is 0 Å². The van der Waals surface area contributed by atoms with Crippen molar-refractivity contribution in [2.45, 2.75) is 18.7 Å². The summed E-state index contributed by atoms with van der Waals surface area (Å²) < 4.78 is 5.41. The van der Waals surface area contributed by atoms with Gasteiger partial charge in [-0.3, -0.25) is 0 Å². The molecule has 106 valence electrons. The standard InChI is InChI=1S/C16H15Cl3O/c1-2-20-13-6-4-12(5-7-13)15(18)9-11-3-8-14(17)16(19)10-11/h3-8,10,15H,2,9H2,1H3. The molecule has 2 rings (SSSR count). The molecular formula is C16H15Cl3O. The summed E-state index contributed by atoms with van der Waals surface area (Å²) in [5, 5.41) is 1.00. The number of ether oxygens (including phenoxy) is 1. The maximum atomic E-state index is 6.45. The van der Waals surface area contributed by atoms with Crippen molar-refractivity contribution in [1.82, 2.24) is 0 Å². The number of halogens is 3. The van der Waals surface area contributed by atoms with Crippen molar-refractivity contribution in [2.24, 2.45) is 0 Å². The van der Waals surface area contributed by atoms with Crippen LogP contribution in [-0.2, 0) is 6.42 Å². The molecule has 0 bridgehead atoms. The van der Waals surface area contributed by atoms with Gasteiger partial charge in [0.25, 0.3) is 0 Å². The molecule has 0 N–H and O–H groups in total. The van der Waals surface area contributed by atoms with Crippen LogP contribution in [0.1, 0.15) is 23.4 Å². The van der Waals surface area contributed by atoms with Crippen LogP contribution >= 0.6 is 34.8 Å². The molecule has 2 aromatic rings. The van der Waals surface area contributed by atoms with E-state index in [1.54, 1.807) is 6.07 Å². The summed E-state index contributed by atoms with van der Waals surface area (Å²) in [6.07, 6.45) is 0.701. The first kappa shape index (κ1) is 15.5. The van der Waals surface area contributed by atoms with Gasteiger partial charge in [-0.25, -0.2) is 0 Å². The molecule has 0 radical (unpaired) electrons. The van der Waals surface area contributed by atoms with Crippen LogP contribution in [0.2, 0.25) is 10.0 Å². The van der Waals surface area contributed by atoms with Crippen molar-refractivity contribution >= 4 is 34.8 Å². The van der Waals surface area contributed by atoms with Crippen molar-refractivity contribution in [3.8, 4) is 5.75 Å². The molecule has 1 unspecified atom stereocenters. The molecule has 0 spiro atoms. The summed E-state index contributed by atoms with van der Waals surface area (Å²) in [5.74, 6) is 0.856. The van der Waals surface area contributed by atoms with Gasteiger partial charge < -0.3 is 4.74 Å². The molecular weight excluding hydrogens is 315 g/mol. The Balaban J connectivity index is 2.06. The van der Waals surface area contributed by atoms with Gasteiger partial charge in [-0.15, -0.1) is 11.6 Å². The number of benzene rings is 2. The number of hydrogen-bond acceptors (Lipinski definition) is 1. The number of alkyl halides is 1. The average molecular weight is 330 g/mol. The van der Waals surface area contributed by atoms with Gasteiger partial charge in [0.15, 0.2) is 0 Å². The van der Waals surface area contributed by atoms with Crippen molar-refractivity contribution in [3.05, 3.63) is 63.6 Å². The van der Waals surface area contributed by atoms with Gasteiger partial charge in [0.1, 0.15) is 5.75 Å². The summed E-state index contributed by atoms with van der Waals surface area (Å²) in [6, 6.07) is 13.4. The lowest BCUT2D eigenvalue weighted by Crippen LogP contribution is -1.97. The van der Waals surface area contributed by atoms with Crippen LogP contribution in [-0.4, -0.2) is 6.61 Å². The van der Waals surface area contributed by atoms with E-state index in [0.29, 0.717) is 23.1 Å². The van der Waals surface area contributed by atoms with Crippen molar-refractivity contribution in [2.75, 3.05) is 6.61 Å². The lowest BCUT2D eigenvalue weighted by Gasteiger charge is -2.11. The Morgan fingerprint density at radius 3 is 2.30 bits per heavy atom. The zero-order valence-corrected chi connectivity index (χ0v) is 13.3. The quantitative estimate of drug-likeness (QED) is 0.619. The van der Waals surface area contributed by atoms with Crippen LogP contribution in [0.5, 0.6) is 5.75 Å². The fraction of sp³-hybridized carbons (Fsp3) is 0.250. The first-order valence-electron chi connectivity index (χ1n) is 6.41. The van der Waals surface area contributed by atoms with Crippen molar-refractivity contribution in [3.63, 3.8) is 0 Å². The van der Waals surface area contributed by atoms with E-state index in [1.165, 1.54) is 0 Å². The third-order valence-corrected chi connectivity index (χ3v) is 4.10. The first-order chi connectivity index (χ1) is 9.60. The number of rotatable bonds is 5. The predicted molar refractivity (Wildman–Crippen MR) is 86.4 cm³/mol. The highest BCUT2D eigenvalue weighted by atomic mass is 35.5. The van der Waals surface area contributed by atoms with E-state index in [9.17, 15) is 0 Å². The van der Waals surface area contributed by atoms with Gasteiger partial charge in [-0.1, -0.05) is 41.4 Å². The lowest BCUT2D eigenvalue weighted by atomic mass is 10.0. The molecule has 0 saturated carbocycles. The van der Waals surface area contributed by atoms with Crippen LogP contribution in [0.4, 0.5) is 0 Å². The Labute approximate surface area is 134 Å². The van der Waals surface area contributed by atoms with Gasteiger partial charge in [0, 0.05) is 0 Å². The molecule has 2 aromatic carbocycles. The highest BCUT2D eigenvalue weighted by molar-refractivity contribution is 6.42. The summed E-state index contributed by atoms with van der Waals surface area (Å²) in [5.41, 5.74) is 2.12. The maximum Gasteiger partial charge on any atom is 0.119 e. The zero-order valence-electron chi connectivity index (χ0n) is 11.1. The van der Waals surface area contributed by atoms with E-state index >= 15 is 0 Å². The lowest BCUT2D eigenvalue weighted by molar-refractivity contribution is 0.340. The molecule has 0 aromatic heterocycles. The fourth-order valence-corrected chi connectivity index (χ4v) is 2.58. The van der Waals surface area contributed by atoms with E-state index < -0.39 is 0 Å². The van der Waals surface area contributed by atoms with E-state index in [4.69, 9.17) is 39.5 Å². The molecule has 20 heavy (non-hydrogen) atoms. The summed E-state index contributed by atoms with van der Waals surface area (Å²) in [7, 11) is 0. The third-order valence-electron chi connectivity index (χ3n) is 2.95. The van der Waals surface area contributed by atoms with E-state index in [0.717, 1.165) is 16.9 Å². The highest BCUT2D eigenvalue weighted by Gasteiger charge is 2.10. The molecule has 0 amide bonds.